The van der Waals surface area contributed by atoms with Gasteiger partial charge in [-0.05, 0) is 57.7 Å². The number of anilines is 1. The first-order valence-corrected chi connectivity index (χ1v) is 8.54. The molecule has 0 bridgehead atoms. The highest BCUT2D eigenvalue weighted by molar-refractivity contribution is 5.43. The van der Waals surface area contributed by atoms with Crippen molar-refractivity contribution in [3.63, 3.8) is 0 Å². The minimum Gasteiger partial charge on any atom is -0.497 e. The third kappa shape index (κ3) is 4.16. The zero-order valence-corrected chi connectivity index (χ0v) is 14.6. The summed E-state index contributed by atoms with van der Waals surface area (Å²) in [7, 11) is 1.68. The molecule has 5 heteroatoms. The number of aromatic nitrogens is 2. The molecule has 1 aliphatic carbocycles. The van der Waals surface area contributed by atoms with Crippen LogP contribution in [0.3, 0.4) is 0 Å². The molecule has 1 fully saturated rings. The van der Waals surface area contributed by atoms with Crippen LogP contribution in [0.1, 0.15) is 42.6 Å². The normalized spacial score (nSPS) is 14.6. The Hall–Kier alpha value is -2.30. The molecule has 24 heavy (non-hydrogen) atoms. The van der Waals surface area contributed by atoms with E-state index < -0.39 is 0 Å². The number of nitrogens with zero attached hydrogens (tertiary/aromatic N) is 2. The number of benzene rings is 1. The van der Waals surface area contributed by atoms with E-state index in [4.69, 9.17) is 9.47 Å². The van der Waals surface area contributed by atoms with E-state index in [1.807, 2.05) is 38.1 Å². The van der Waals surface area contributed by atoms with E-state index in [0.29, 0.717) is 18.6 Å². The molecular formula is C19H25N3O2. The van der Waals surface area contributed by atoms with Crippen molar-refractivity contribution in [1.82, 2.24) is 9.97 Å². The first-order chi connectivity index (χ1) is 11.6. The van der Waals surface area contributed by atoms with Gasteiger partial charge < -0.3 is 14.8 Å². The van der Waals surface area contributed by atoms with Gasteiger partial charge in [0.15, 0.2) is 0 Å². The van der Waals surface area contributed by atoms with E-state index in [9.17, 15) is 0 Å². The molecule has 0 radical (unpaired) electrons. The molecule has 5 nitrogen and oxygen atoms in total. The molecule has 128 valence electrons. The maximum absolute atomic E-state index is 6.22. The van der Waals surface area contributed by atoms with Crippen molar-refractivity contribution < 1.29 is 9.47 Å². The highest BCUT2D eigenvalue weighted by Crippen LogP contribution is 2.30. The second-order valence-corrected chi connectivity index (χ2v) is 6.33. The number of ether oxygens (including phenoxy) is 2. The zero-order valence-electron chi connectivity index (χ0n) is 14.6. The van der Waals surface area contributed by atoms with Gasteiger partial charge in [0.2, 0.25) is 5.95 Å². The molecule has 1 N–H and O–H groups in total. The van der Waals surface area contributed by atoms with Crippen molar-refractivity contribution in [1.29, 1.82) is 0 Å². The fourth-order valence-corrected chi connectivity index (χ4v) is 3.08. The third-order valence-electron chi connectivity index (χ3n) is 4.29. The predicted octanol–water partition coefficient (Wildman–Crippen LogP) is 4.04. The van der Waals surface area contributed by atoms with Crippen molar-refractivity contribution >= 4 is 5.95 Å². The number of methoxy groups -OCH3 is 1. The molecule has 0 amide bonds. The second-order valence-electron chi connectivity index (χ2n) is 6.33. The summed E-state index contributed by atoms with van der Waals surface area (Å²) in [4.78, 5) is 8.86. The van der Waals surface area contributed by atoms with Crippen LogP contribution in [0.5, 0.6) is 11.5 Å². The first kappa shape index (κ1) is 16.6. The zero-order chi connectivity index (χ0) is 16.9. The standard InChI is InChI=1S/C19H25N3O2/c1-13-10-14(2)22-19(21-13)20-12-15-8-9-17(23-3)11-18(15)24-16-6-4-5-7-16/h8-11,16H,4-7,12H2,1-3H3,(H,20,21,22). The summed E-state index contributed by atoms with van der Waals surface area (Å²) >= 11 is 0. The fourth-order valence-electron chi connectivity index (χ4n) is 3.08. The van der Waals surface area contributed by atoms with Gasteiger partial charge in [-0.2, -0.15) is 0 Å². The van der Waals surface area contributed by atoms with Crippen LogP contribution < -0.4 is 14.8 Å². The molecular weight excluding hydrogens is 302 g/mol. The second kappa shape index (κ2) is 7.51. The predicted molar refractivity (Wildman–Crippen MR) is 94.7 cm³/mol. The van der Waals surface area contributed by atoms with Crippen LogP contribution in [-0.4, -0.2) is 23.2 Å². The summed E-state index contributed by atoms with van der Waals surface area (Å²) in [5.41, 5.74) is 3.01. The number of hydrogen-bond donors (Lipinski definition) is 1. The topological polar surface area (TPSA) is 56.3 Å². The molecule has 0 saturated heterocycles. The highest BCUT2D eigenvalue weighted by Gasteiger charge is 2.18. The molecule has 3 rings (SSSR count). The third-order valence-corrected chi connectivity index (χ3v) is 4.29. The van der Waals surface area contributed by atoms with Gasteiger partial charge in [-0.1, -0.05) is 0 Å². The highest BCUT2D eigenvalue weighted by atomic mass is 16.5. The minimum absolute atomic E-state index is 0.313. The van der Waals surface area contributed by atoms with Crippen molar-refractivity contribution in [3.8, 4) is 11.5 Å². The minimum atomic E-state index is 0.313. The Balaban J connectivity index is 1.75. The molecule has 0 aliphatic heterocycles. The van der Waals surface area contributed by atoms with Crippen LogP contribution in [0, 0.1) is 13.8 Å². The molecule has 1 heterocycles. The monoisotopic (exact) mass is 327 g/mol. The van der Waals surface area contributed by atoms with Crippen molar-refractivity contribution in [2.75, 3.05) is 12.4 Å². The van der Waals surface area contributed by atoms with Crippen LogP contribution in [0.2, 0.25) is 0 Å². The molecule has 0 spiro atoms. The Morgan fingerprint density at radius 3 is 2.46 bits per heavy atom. The number of hydrogen-bond acceptors (Lipinski definition) is 5. The maximum Gasteiger partial charge on any atom is 0.223 e. The van der Waals surface area contributed by atoms with Gasteiger partial charge >= 0.3 is 0 Å². The quantitative estimate of drug-likeness (QED) is 0.868. The van der Waals surface area contributed by atoms with E-state index >= 15 is 0 Å². The van der Waals surface area contributed by atoms with E-state index in [-0.39, 0.29) is 0 Å². The molecule has 1 aliphatic rings. The summed E-state index contributed by atoms with van der Waals surface area (Å²) in [5, 5.41) is 3.30. The Bertz CT molecular complexity index is 677. The number of nitrogens with one attached hydrogen (secondary N) is 1. The van der Waals surface area contributed by atoms with E-state index in [0.717, 1.165) is 41.3 Å². The van der Waals surface area contributed by atoms with Gasteiger partial charge in [0.25, 0.3) is 0 Å². The lowest BCUT2D eigenvalue weighted by Crippen LogP contribution is -2.13. The molecule has 2 aromatic rings. The van der Waals surface area contributed by atoms with Crippen LogP contribution in [-0.2, 0) is 6.54 Å². The Morgan fingerprint density at radius 1 is 1.08 bits per heavy atom. The average molecular weight is 327 g/mol. The van der Waals surface area contributed by atoms with E-state index in [1.165, 1.54) is 12.8 Å². The summed E-state index contributed by atoms with van der Waals surface area (Å²) in [6, 6.07) is 7.94. The molecule has 1 saturated carbocycles. The molecule has 0 unspecified atom stereocenters. The molecule has 0 atom stereocenters. The maximum atomic E-state index is 6.22. The Morgan fingerprint density at radius 2 is 1.79 bits per heavy atom. The van der Waals surface area contributed by atoms with Crippen LogP contribution in [0.15, 0.2) is 24.3 Å². The largest absolute Gasteiger partial charge is 0.497 e. The summed E-state index contributed by atoms with van der Waals surface area (Å²) in [6.45, 7) is 4.57. The van der Waals surface area contributed by atoms with Gasteiger partial charge in [-0.15, -0.1) is 0 Å². The Kier molecular flexibility index (Phi) is 5.18. The SMILES string of the molecule is COc1ccc(CNc2nc(C)cc(C)n2)c(OC2CCCC2)c1. The number of aryl methyl sites for hydroxylation is 2. The van der Waals surface area contributed by atoms with Crippen LogP contribution in [0.25, 0.3) is 0 Å². The fraction of sp³-hybridized carbons (Fsp3) is 0.474. The number of rotatable bonds is 6. The van der Waals surface area contributed by atoms with Crippen LogP contribution in [0.4, 0.5) is 5.95 Å². The van der Waals surface area contributed by atoms with E-state index in [2.05, 4.69) is 15.3 Å². The lowest BCUT2D eigenvalue weighted by atomic mass is 10.2. The Labute approximate surface area is 143 Å². The summed E-state index contributed by atoms with van der Waals surface area (Å²) in [6.07, 6.45) is 5.07. The van der Waals surface area contributed by atoms with Gasteiger partial charge in [0, 0.05) is 29.6 Å². The van der Waals surface area contributed by atoms with Crippen molar-refractivity contribution in [3.05, 3.63) is 41.2 Å². The summed E-state index contributed by atoms with van der Waals surface area (Å²) < 4.78 is 11.6. The lowest BCUT2D eigenvalue weighted by Gasteiger charge is -2.18. The average Bonchev–Trinajstić information content (AvgIpc) is 3.05. The van der Waals surface area contributed by atoms with Crippen LogP contribution >= 0.6 is 0 Å². The lowest BCUT2D eigenvalue weighted by molar-refractivity contribution is 0.207. The van der Waals surface area contributed by atoms with Crippen molar-refractivity contribution in [2.24, 2.45) is 0 Å². The molecule has 1 aromatic heterocycles. The smallest absolute Gasteiger partial charge is 0.223 e. The first-order valence-electron chi connectivity index (χ1n) is 8.54. The summed E-state index contributed by atoms with van der Waals surface area (Å²) in [5.74, 6) is 2.35. The van der Waals surface area contributed by atoms with Gasteiger partial charge in [-0.25, -0.2) is 9.97 Å². The van der Waals surface area contributed by atoms with Gasteiger partial charge in [-0.3, -0.25) is 0 Å². The van der Waals surface area contributed by atoms with Crippen molar-refractivity contribution in [2.45, 2.75) is 52.2 Å². The van der Waals surface area contributed by atoms with E-state index in [1.54, 1.807) is 7.11 Å². The van der Waals surface area contributed by atoms with Gasteiger partial charge in [0.05, 0.1) is 13.2 Å². The van der Waals surface area contributed by atoms with Gasteiger partial charge in [0.1, 0.15) is 11.5 Å². The molecule has 1 aromatic carbocycles.